The van der Waals surface area contributed by atoms with E-state index in [9.17, 15) is 9.18 Å². The van der Waals surface area contributed by atoms with Crippen LogP contribution < -0.4 is 10.2 Å². The molecule has 2 aromatic heterocycles. The number of aromatic nitrogens is 4. The van der Waals surface area contributed by atoms with Crippen molar-refractivity contribution in [2.24, 2.45) is 0 Å². The molecular formula is C21H21FN6O2. The average Bonchev–Trinajstić information content (AvgIpc) is 3.10. The maximum absolute atomic E-state index is 13.4. The number of carbonyl (C=O) groups excluding carboxylic acids is 1. The van der Waals surface area contributed by atoms with E-state index in [4.69, 9.17) is 4.74 Å². The van der Waals surface area contributed by atoms with Gasteiger partial charge in [-0.1, -0.05) is 12.1 Å². The monoisotopic (exact) mass is 408 g/mol. The molecule has 0 radical (unpaired) electrons. The quantitative estimate of drug-likeness (QED) is 0.717. The van der Waals surface area contributed by atoms with E-state index >= 15 is 0 Å². The highest BCUT2D eigenvalue weighted by atomic mass is 19.1. The summed E-state index contributed by atoms with van der Waals surface area (Å²) in [5, 5.41) is 16.2. The summed E-state index contributed by atoms with van der Waals surface area (Å²) in [5.41, 5.74) is 2.59. The van der Waals surface area contributed by atoms with Gasteiger partial charge < -0.3 is 15.0 Å². The van der Waals surface area contributed by atoms with Crippen LogP contribution in [-0.2, 0) is 9.53 Å². The molecule has 4 heterocycles. The molecule has 9 heteroatoms. The Kier molecular flexibility index (Phi) is 4.66. The minimum absolute atomic E-state index is 0.115. The SMILES string of the molecule is Cc1nn(-c2ccc(N3CCOCC3)nn2)c2c1C(c1ccc(F)cc1)CC(=O)N2. The van der Waals surface area contributed by atoms with Gasteiger partial charge in [0.15, 0.2) is 11.6 Å². The van der Waals surface area contributed by atoms with E-state index in [1.54, 1.807) is 16.8 Å². The van der Waals surface area contributed by atoms with Crippen LogP contribution in [0, 0.1) is 12.7 Å². The number of morpholine rings is 1. The summed E-state index contributed by atoms with van der Waals surface area (Å²) in [5.74, 6) is 1.29. The van der Waals surface area contributed by atoms with Crippen molar-refractivity contribution in [1.29, 1.82) is 0 Å². The van der Waals surface area contributed by atoms with Gasteiger partial charge in [0, 0.05) is 31.0 Å². The van der Waals surface area contributed by atoms with Gasteiger partial charge in [0.05, 0.1) is 18.9 Å². The number of nitrogens with one attached hydrogen (secondary N) is 1. The molecule has 1 atom stereocenters. The molecule has 30 heavy (non-hydrogen) atoms. The predicted molar refractivity (Wildman–Crippen MR) is 108 cm³/mol. The second kappa shape index (κ2) is 7.49. The molecule has 154 valence electrons. The molecule has 3 aromatic rings. The molecule has 0 spiro atoms. The van der Waals surface area contributed by atoms with E-state index in [0.717, 1.165) is 35.7 Å². The molecule has 1 fully saturated rings. The Balaban J connectivity index is 1.51. The van der Waals surface area contributed by atoms with Crippen molar-refractivity contribution in [2.45, 2.75) is 19.3 Å². The Bertz CT molecular complexity index is 1070. The molecule has 1 unspecified atom stereocenters. The Morgan fingerprint density at radius 3 is 2.47 bits per heavy atom. The highest BCUT2D eigenvalue weighted by Gasteiger charge is 2.33. The number of amides is 1. The zero-order chi connectivity index (χ0) is 20.7. The van der Waals surface area contributed by atoms with Gasteiger partial charge in [-0.25, -0.2) is 4.39 Å². The van der Waals surface area contributed by atoms with Gasteiger partial charge in [-0.3, -0.25) is 4.79 Å². The fraction of sp³-hybridized carbons (Fsp3) is 0.333. The number of nitrogens with zero attached hydrogens (tertiary/aromatic N) is 5. The summed E-state index contributed by atoms with van der Waals surface area (Å²) < 4.78 is 20.4. The van der Waals surface area contributed by atoms with Crippen molar-refractivity contribution in [2.75, 3.05) is 36.5 Å². The average molecular weight is 408 g/mol. The zero-order valence-electron chi connectivity index (χ0n) is 16.5. The number of anilines is 2. The molecule has 0 bridgehead atoms. The number of hydrogen-bond donors (Lipinski definition) is 1. The second-order valence-corrected chi connectivity index (χ2v) is 7.47. The molecule has 1 amide bonds. The summed E-state index contributed by atoms with van der Waals surface area (Å²) in [6.07, 6.45) is 0.285. The van der Waals surface area contributed by atoms with Gasteiger partial charge in [0.2, 0.25) is 5.91 Å². The Labute approximate surface area is 172 Å². The second-order valence-electron chi connectivity index (χ2n) is 7.47. The third-order valence-electron chi connectivity index (χ3n) is 5.56. The molecule has 0 aliphatic carbocycles. The first kappa shape index (κ1) is 18.7. The van der Waals surface area contributed by atoms with Crippen molar-refractivity contribution < 1.29 is 13.9 Å². The third kappa shape index (κ3) is 3.30. The molecule has 1 saturated heterocycles. The number of carbonyl (C=O) groups is 1. The normalized spacial score (nSPS) is 18.8. The molecule has 0 saturated carbocycles. The topological polar surface area (TPSA) is 85.2 Å². The first-order chi connectivity index (χ1) is 14.6. The van der Waals surface area contributed by atoms with Crippen molar-refractivity contribution >= 4 is 17.5 Å². The van der Waals surface area contributed by atoms with Crippen molar-refractivity contribution in [3.05, 3.63) is 59.0 Å². The van der Waals surface area contributed by atoms with Crippen molar-refractivity contribution in [3.63, 3.8) is 0 Å². The first-order valence-electron chi connectivity index (χ1n) is 9.92. The molecule has 1 aromatic carbocycles. The van der Waals surface area contributed by atoms with Crippen LogP contribution in [-0.4, -0.2) is 52.2 Å². The maximum Gasteiger partial charge on any atom is 0.226 e. The fourth-order valence-electron chi connectivity index (χ4n) is 4.08. The molecule has 8 nitrogen and oxygen atoms in total. The zero-order valence-corrected chi connectivity index (χ0v) is 16.5. The Hall–Kier alpha value is -3.33. The fourth-order valence-corrected chi connectivity index (χ4v) is 4.08. The molecule has 1 N–H and O–H groups in total. The number of hydrogen-bond acceptors (Lipinski definition) is 6. The lowest BCUT2D eigenvalue weighted by molar-refractivity contribution is -0.116. The van der Waals surface area contributed by atoms with Crippen molar-refractivity contribution in [3.8, 4) is 5.82 Å². The minimum atomic E-state index is -0.303. The summed E-state index contributed by atoms with van der Waals surface area (Å²) in [4.78, 5) is 14.6. The van der Waals surface area contributed by atoms with Crippen LogP contribution in [0.5, 0.6) is 0 Å². The van der Waals surface area contributed by atoms with Crippen LogP contribution in [0.1, 0.15) is 29.2 Å². The lowest BCUT2D eigenvalue weighted by Gasteiger charge is -2.27. The number of ether oxygens (including phenoxy) is 1. The van der Waals surface area contributed by atoms with Crippen LogP contribution >= 0.6 is 0 Å². The number of aryl methyl sites for hydroxylation is 1. The van der Waals surface area contributed by atoms with Gasteiger partial charge in [-0.05, 0) is 36.8 Å². The number of halogens is 1. The minimum Gasteiger partial charge on any atom is -0.378 e. The van der Waals surface area contributed by atoms with E-state index in [-0.39, 0.29) is 24.1 Å². The lowest BCUT2D eigenvalue weighted by Crippen LogP contribution is -2.36. The van der Waals surface area contributed by atoms with Gasteiger partial charge >= 0.3 is 0 Å². The van der Waals surface area contributed by atoms with Crippen LogP contribution in [0.2, 0.25) is 0 Å². The van der Waals surface area contributed by atoms with Crippen LogP contribution in [0.25, 0.3) is 5.82 Å². The van der Waals surface area contributed by atoms with Gasteiger partial charge in [0.1, 0.15) is 11.6 Å². The molecular weight excluding hydrogens is 387 g/mol. The summed E-state index contributed by atoms with van der Waals surface area (Å²) >= 11 is 0. The van der Waals surface area contributed by atoms with E-state index in [0.29, 0.717) is 24.8 Å². The van der Waals surface area contributed by atoms with E-state index in [1.807, 2.05) is 19.1 Å². The van der Waals surface area contributed by atoms with Crippen molar-refractivity contribution in [1.82, 2.24) is 20.0 Å². The number of rotatable bonds is 3. The maximum atomic E-state index is 13.4. The Morgan fingerprint density at radius 1 is 1.07 bits per heavy atom. The summed E-state index contributed by atoms with van der Waals surface area (Å²) in [7, 11) is 0. The predicted octanol–water partition coefficient (Wildman–Crippen LogP) is 2.42. The number of benzene rings is 1. The Morgan fingerprint density at radius 2 is 1.77 bits per heavy atom. The van der Waals surface area contributed by atoms with E-state index < -0.39 is 0 Å². The summed E-state index contributed by atoms with van der Waals surface area (Å²) in [6.45, 7) is 4.80. The third-order valence-corrected chi connectivity index (χ3v) is 5.56. The largest absolute Gasteiger partial charge is 0.378 e. The van der Waals surface area contributed by atoms with Crippen LogP contribution in [0.15, 0.2) is 36.4 Å². The van der Waals surface area contributed by atoms with Gasteiger partial charge in [-0.2, -0.15) is 9.78 Å². The van der Waals surface area contributed by atoms with Gasteiger partial charge in [-0.15, -0.1) is 10.2 Å². The van der Waals surface area contributed by atoms with Crippen LogP contribution in [0.4, 0.5) is 16.0 Å². The highest BCUT2D eigenvalue weighted by Crippen LogP contribution is 2.40. The number of fused-ring (bicyclic) bond motifs is 1. The smallest absolute Gasteiger partial charge is 0.226 e. The van der Waals surface area contributed by atoms with E-state index in [2.05, 4.69) is 25.5 Å². The summed E-state index contributed by atoms with van der Waals surface area (Å²) in [6, 6.07) is 10.0. The molecule has 5 rings (SSSR count). The first-order valence-corrected chi connectivity index (χ1v) is 9.92. The highest BCUT2D eigenvalue weighted by molar-refractivity contribution is 5.95. The molecule has 2 aliphatic heterocycles. The van der Waals surface area contributed by atoms with E-state index in [1.165, 1.54) is 12.1 Å². The molecule has 2 aliphatic rings. The van der Waals surface area contributed by atoms with Gasteiger partial charge in [0.25, 0.3) is 0 Å². The van der Waals surface area contributed by atoms with Crippen LogP contribution in [0.3, 0.4) is 0 Å². The standard InChI is InChI=1S/C21H21FN6O2/c1-13-20-16(14-2-4-15(22)5-3-14)12-19(29)23-21(20)28(26-13)18-7-6-17(24-25-18)27-8-10-30-11-9-27/h2-7,16H,8-12H2,1H3,(H,23,29). The lowest BCUT2D eigenvalue weighted by atomic mass is 9.86.